The average molecular weight is 473 g/mol. The van der Waals surface area contributed by atoms with Gasteiger partial charge in [0.1, 0.15) is 5.76 Å². The molecule has 0 unspecified atom stereocenters. The third-order valence-electron chi connectivity index (χ3n) is 4.40. The number of halogens is 1. The molecule has 4 aromatic rings. The largest absolute Gasteiger partial charge is 0.411 e. The SMILES string of the molecule is Cc1cc(-n2c(C)cc(C(=O)CSc3nnc(-c4ccc(Br)cc4)o3)c2C)no1. The van der Waals surface area contributed by atoms with Crippen LogP contribution < -0.4 is 0 Å². The molecule has 148 valence electrons. The van der Waals surface area contributed by atoms with Crippen LogP contribution in [0, 0.1) is 20.8 Å². The molecule has 0 aliphatic carbocycles. The summed E-state index contributed by atoms with van der Waals surface area (Å²) in [4.78, 5) is 12.8. The van der Waals surface area contributed by atoms with Gasteiger partial charge < -0.3 is 8.94 Å². The first-order chi connectivity index (χ1) is 13.9. The summed E-state index contributed by atoms with van der Waals surface area (Å²) in [5.74, 6) is 1.99. The molecule has 0 spiro atoms. The van der Waals surface area contributed by atoms with Crippen molar-refractivity contribution in [1.82, 2.24) is 19.9 Å². The Bertz CT molecular complexity index is 1180. The maximum Gasteiger partial charge on any atom is 0.277 e. The van der Waals surface area contributed by atoms with Crippen molar-refractivity contribution < 1.29 is 13.7 Å². The molecule has 0 amide bonds. The number of carbonyl (C=O) groups is 1. The number of carbonyl (C=O) groups excluding carboxylic acids is 1. The van der Waals surface area contributed by atoms with E-state index in [-0.39, 0.29) is 11.5 Å². The van der Waals surface area contributed by atoms with E-state index in [1.807, 2.05) is 61.7 Å². The quantitative estimate of drug-likeness (QED) is 0.282. The van der Waals surface area contributed by atoms with Gasteiger partial charge in [-0.05, 0) is 51.1 Å². The molecule has 0 atom stereocenters. The topological polar surface area (TPSA) is 87.0 Å². The van der Waals surface area contributed by atoms with Crippen LogP contribution in [0.5, 0.6) is 0 Å². The standard InChI is InChI=1S/C20H17BrN4O3S/c1-11-8-16(13(3)25(11)18-9-12(2)28-24-18)17(26)10-29-20-23-22-19(27-20)14-4-6-15(21)7-5-14/h4-9H,10H2,1-3H3. The number of hydrogen-bond acceptors (Lipinski definition) is 7. The number of hydrogen-bond donors (Lipinski definition) is 0. The Kier molecular flexibility index (Phi) is 5.42. The van der Waals surface area contributed by atoms with Gasteiger partial charge in [-0.1, -0.05) is 32.8 Å². The third kappa shape index (κ3) is 4.06. The van der Waals surface area contributed by atoms with Crippen LogP contribution in [0.15, 0.2) is 55.0 Å². The van der Waals surface area contributed by atoms with E-state index < -0.39 is 0 Å². The van der Waals surface area contributed by atoms with Gasteiger partial charge in [0.25, 0.3) is 5.22 Å². The van der Waals surface area contributed by atoms with Crippen LogP contribution >= 0.6 is 27.7 Å². The number of aryl methyl sites for hydroxylation is 2. The van der Waals surface area contributed by atoms with Gasteiger partial charge in [-0.2, -0.15) is 0 Å². The molecular weight excluding hydrogens is 456 g/mol. The van der Waals surface area contributed by atoms with Crippen molar-refractivity contribution in [1.29, 1.82) is 0 Å². The van der Waals surface area contributed by atoms with Crippen molar-refractivity contribution in [2.75, 3.05) is 5.75 Å². The van der Waals surface area contributed by atoms with E-state index in [4.69, 9.17) is 8.94 Å². The van der Waals surface area contributed by atoms with Crippen LogP contribution in [0.2, 0.25) is 0 Å². The molecule has 3 aromatic heterocycles. The average Bonchev–Trinajstić information content (AvgIpc) is 3.40. The van der Waals surface area contributed by atoms with Crippen LogP contribution in [-0.4, -0.2) is 31.5 Å². The zero-order valence-electron chi connectivity index (χ0n) is 16.0. The van der Waals surface area contributed by atoms with Crippen molar-refractivity contribution in [3.05, 3.63) is 63.6 Å². The number of ketones is 1. The van der Waals surface area contributed by atoms with Crippen LogP contribution in [0.4, 0.5) is 0 Å². The summed E-state index contributed by atoms with van der Waals surface area (Å²) in [6.45, 7) is 5.66. The summed E-state index contributed by atoms with van der Waals surface area (Å²) < 4.78 is 13.7. The Morgan fingerprint density at radius 3 is 2.59 bits per heavy atom. The molecule has 0 saturated carbocycles. The molecule has 4 rings (SSSR count). The van der Waals surface area contributed by atoms with Crippen molar-refractivity contribution in [3.8, 4) is 17.3 Å². The molecule has 29 heavy (non-hydrogen) atoms. The Morgan fingerprint density at radius 2 is 1.90 bits per heavy atom. The minimum absolute atomic E-state index is 0.0158. The predicted molar refractivity (Wildman–Crippen MR) is 113 cm³/mol. The Morgan fingerprint density at radius 1 is 1.14 bits per heavy atom. The fourth-order valence-electron chi connectivity index (χ4n) is 3.04. The van der Waals surface area contributed by atoms with Gasteiger partial charge in [0.15, 0.2) is 11.6 Å². The normalized spacial score (nSPS) is 11.2. The minimum atomic E-state index is -0.0158. The van der Waals surface area contributed by atoms with E-state index in [1.165, 1.54) is 11.8 Å². The van der Waals surface area contributed by atoms with E-state index in [1.54, 1.807) is 0 Å². The monoisotopic (exact) mass is 472 g/mol. The van der Waals surface area contributed by atoms with Crippen LogP contribution in [0.25, 0.3) is 17.3 Å². The molecule has 0 aliphatic rings. The van der Waals surface area contributed by atoms with Gasteiger partial charge in [-0.3, -0.25) is 9.36 Å². The molecule has 0 saturated heterocycles. The molecule has 0 fully saturated rings. The summed E-state index contributed by atoms with van der Waals surface area (Å²) in [6, 6.07) is 11.3. The highest BCUT2D eigenvalue weighted by Gasteiger charge is 2.19. The predicted octanol–water partition coefficient (Wildman–Crippen LogP) is 5.18. The molecule has 9 heteroatoms. The maximum absolute atomic E-state index is 12.8. The molecule has 3 heterocycles. The minimum Gasteiger partial charge on any atom is -0.411 e. The van der Waals surface area contributed by atoms with Crippen molar-refractivity contribution >= 4 is 33.5 Å². The van der Waals surface area contributed by atoms with E-state index in [9.17, 15) is 4.79 Å². The van der Waals surface area contributed by atoms with Crippen LogP contribution in [0.3, 0.4) is 0 Å². The summed E-state index contributed by atoms with van der Waals surface area (Å²) >= 11 is 4.62. The molecule has 0 N–H and O–H groups in total. The highest BCUT2D eigenvalue weighted by Crippen LogP contribution is 2.26. The molecule has 0 bridgehead atoms. The van der Waals surface area contributed by atoms with Crippen LogP contribution in [0.1, 0.15) is 27.5 Å². The lowest BCUT2D eigenvalue weighted by atomic mass is 10.2. The summed E-state index contributed by atoms with van der Waals surface area (Å²) in [5, 5.41) is 12.5. The van der Waals surface area contributed by atoms with Gasteiger partial charge >= 0.3 is 0 Å². The number of nitrogens with zero attached hydrogens (tertiary/aromatic N) is 4. The first-order valence-corrected chi connectivity index (χ1v) is 10.6. The smallest absolute Gasteiger partial charge is 0.277 e. The highest BCUT2D eigenvalue weighted by molar-refractivity contribution is 9.10. The molecule has 0 aliphatic heterocycles. The van der Waals surface area contributed by atoms with Gasteiger partial charge in [0.2, 0.25) is 5.89 Å². The first kappa shape index (κ1) is 19.7. The fraction of sp³-hybridized carbons (Fsp3) is 0.200. The second-order valence-corrected chi connectivity index (χ2v) is 8.35. The van der Waals surface area contributed by atoms with E-state index >= 15 is 0 Å². The molecule has 7 nitrogen and oxygen atoms in total. The van der Waals surface area contributed by atoms with Crippen molar-refractivity contribution in [2.45, 2.75) is 26.0 Å². The Hall–Kier alpha value is -2.65. The fourth-order valence-corrected chi connectivity index (χ4v) is 3.95. The summed E-state index contributed by atoms with van der Waals surface area (Å²) in [6.07, 6.45) is 0. The number of aromatic nitrogens is 4. The van der Waals surface area contributed by atoms with E-state index in [2.05, 4.69) is 31.3 Å². The second kappa shape index (κ2) is 8.00. The van der Waals surface area contributed by atoms with Gasteiger partial charge in [-0.15, -0.1) is 10.2 Å². The third-order valence-corrected chi connectivity index (χ3v) is 5.75. The molecule has 1 aromatic carbocycles. The summed E-state index contributed by atoms with van der Waals surface area (Å²) in [5.41, 5.74) is 3.20. The Balaban J connectivity index is 1.47. The number of thioether (sulfide) groups is 1. The summed E-state index contributed by atoms with van der Waals surface area (Å²) in [7, 11) is 0. The number of Topliss-reactive ketones (excluding diaryl/α,β-unsaturated/α-hetero) is 1. The molecule has 0 radical (unpaired) electrons. The highest BCUT2D eigenvalue weighted by atomic mass is 79.9. The number of benzene rings is 1. The lowest BCUT2D eigenvalue weighted by molar-refractivity contribution is 0.102. The van der Waals surface area contributed by atoms with Gasteiger partial charge in [0.05, 0.1) is 5.75 Å². The zero-order chi connectivity index (χ0) is 20.5. The lowest BCUT2D eigenvalue weighted by Crippen LogP contribution is -2.05. The first-order valence-electron chi connectivity index (χ1n) is 8.80. The zero-order valence-corrected chi connectivity index (χ0v) is 18.4. The second-order valence-electron chi connectivity index (χ2n) is 6.51. The van der Waals surface area contributed by atoms with Crippen molar-refractivity contribution in [3.63, 3.8) is 0 Å². The van der Waals surface area contributed by atoms with E-state index in [0.29, 0.717) is 28.3 Å². The van der Waals surface area contributed by atoms with Gasteiger partial charge in [0, 0.05) is 33.1 Å². The number of rotatable bonds is 6. The van der Waals surface area contributed by atoms with Crippen LogP contribution in [-0.2, 0) is 0 Å². The lowest BCUT2D eigenvalue weighted by Gasteiger charge is -2.04. The van der Waals surface area contributed by atoms with Gasteiger partial charge in [-0.25, -0.2) is 0 Å². The van der Waals surface area contributed by atoms with E-state index in [0.717, 1.165) is 21.4 Å². The maximum atomic E-state index is 12.8. The molecular formula is C20H17BrN4O3S. The van der Waals surface area contributed by atoms with Crippen molar-refractivity contribution in [2.24, 2.45) is 0 Å². The Labute approximate surface area is 179 Å².